The molecule has 0 amide bonds. The maximum absolute atomic E-state index is 6.15. The number of hydrogen-bond acceptors (Lipinski definition) is 2. The van der Waals surface area contributed by atoms with E-state index in [2.05, 4.69) is 31.8 Å². The van der Waals surface area contributed by atoms with Crippen molar-refractivity contribution in [2.75, 3.05) is 0 Å². The molecular formula is C17H18O2Si. The predicted molar refractivity (Wildman–Crippen MR) is 85.7 cm³/mol. The highest BCUT2D eigenvalue weighted by Gasteiger charge is 2.24. The number of para-hydroxylation sites is 1. The minimum Gasteiger partial charge on any atom is -0.460 e. The largest absolute Gasteiger partial charge is 0.460 e. The van der Waals surface area contributed by atoms with Gasteiger partial charge in [-0.05, 0) is 23.4 Å². The third kappa shape index (κ3) is 2.37. The number of hydrogen-bond donors (Lipinski definition) is 0. The molecule has 0 N–H and O–H groups in total. The standard InChI is InChI=1S/C17H18O2Si/c1-20(2,3)15-10-9-13-11-12-18-16(13)17(15)19-14-7-5-4-6-8-14/h4-12H,1-3H3. The van der Waals surface area contributed by atoms with Crippen LogP contribution in [0.15, 0.2) is 59.2 Å². The summed E-state index contributed by atoms with van der Waals surface area (Å²) in [7, 11) is -1.51. The molecule has 20 heavy (non-hydrogen) atoms. The fourth-order valence-corrected chi connectivity index (χ4v) is 3.73. The molecule has 3 heteroatoms. The van der Waals surface area contributed by atoms with E-state index in [1.165, 1.54) is 5.19 Å². The maximum atomic E-state index is 6.15. The lowest BCUT2D eigenvalue weighted by atomic mass is 10.2. The summed E-state index contributed by atoms with van der Waals surface area (Å²) in [6.45, 7) is 6.94. The molecule has 2 nitrogen and oxygen atoms in total. The van der Waals surface area contributed by atoms with E-state index in [1.54, 1.807) is 6.26 Å². The van der Waals surface area contributed by atoms with Gasteiger partial charge in [-0.2, -0.15) is 0 Å². The lowest BCUT2D eigenvalue weighted by Crippen LogP contribution is -2.38. The Kier molecular flexibility index (Phi) is 3.14. The smallest absolute Gasteiger partial charge is 0.176 e. The Morgan fingerprint density at radius 3 is 2.35 bits per heavy atom. The summed E-state index contributed by atoms with van der Waals surface area (Å²) in [5.74, 6) is 1.72. The van der Waals surface area contributed by atoms with Crippen LogP contribution >= 0.6 is 0 Å². The molecule has 0 fully saturated rings. The highest BCUT2D eigenvalue weighted by Crippen LogP contribution is 2.31. The highest BCUT2D eigenvalue weighted by molar-refractivity contribution is 6.89. The Hall–Kier alpha value is -2.00. The topological polar surface area (TPSA) is 22.4 Å². The van der Waals surface area contributed by atoms with Crippen molar-refractivity contribution in [3.8, 4) is 11.5 Å². The summed E-state index contributed by atoms with van der Waals surface area (Å²) in [4.78, 5) is 0. The van der Waals surface area contributed by atoms with Gasteiger partial charge >= 0.3 is 0 Å². The molecule has 3 aromatic rings. The van der Waals surface area contributed by atoms with E-state index in [4.69, 9.17) is 9.15 Å². The Morgan fingerprint density at radius 1 is 0.900 bits per heavy atom. The third-order valence-electron chi connectivity index (χ3n) is 3.35. The molecule has 3 rings (SSSR count). The molecule has 1 aromatic heterocycles. The fourth-order valence-electron chi connectivity index (χ4n) is 2.30. The summed E-state index contributed by atoms with van der Waals surface area (Å²) in [6, 6.07) is 16.1. The summed E-state index contributed by atoms with van der Waals surface area (Å²) in [6.07, 6.45) is 1.72. The Morgan fingerprint density at radius 2 is 1.65 bits per heavy atom. The highest BCUT2D eigenvalue weighted by atomic mass is 28.3. The molecule has 0 bridgehead atoms. The zero-order valence-corrected chi connectivity index (χ0v) is 13.0. The van der Waals surface area contributed by atoms with Crippen molar-refractivity contribution >= 4 is 24.2 Å². The van der Waals surface area contributed by atoms with Crippen LogP contribution in [0.5, 0.6) is 11.5 Å². The van der Waals surface area contributed by atoms with Crippen molar-refractivity contribution in [2.45, 2.75) is 19.6 Å². The second-order valence-corrected chi connectivity index (χ2v) is 11.0. The van der Waals surface area contributed by atoms with E-state index in [1.807, 2.05) is 36.4 Å². The predicted octanol–water partition coefficient (Wildman–Crippen LogP) is 4.77. The van der Waals surface area contributed by atoms with Gasteiger partial charge in [-0.15, -0.1) is 0 Å². The fraction of sp³-hybridized carbons (Fsp3) is 0.176. The van der Waals surface area contributed by atoms with Gasteiger partial charge in [0.25, 0.3) is 0 Å². The van der Waals surface area contributed by atoms with Crippen molar-refractivity contribution in [3.05, 3.63) is 54.8 Å². The lowest BCUT2D eigenvalue weighted by Gasteiger charge is -2.21. The third-order valence-corrected chi connectivity index (χ3v) is 5.36. The lowest BCUT2D eigenvalue weighted by molar-refractivity contribution is 0.476. The average Bonchev–Trinajstić information content (AvgIpc) is 2.87. The van der Waals surface area contributed by atoms with E-state index in [0.29, 0.717) is 0 Å². The Balaban J connectivity index is 2.17. The minimum absolute atomic E-state index is 0.841. The van der Waals surface area contributed by atoms with Gasteiger partial charge < -0.3 is 9.15 Å². The van der Waals surface area contributed by atoms with Gasteiger partial charge in [0, 0.05) is 5.39 Å². The number of benzene rings is 2. The molecule has 0 aliphatic rings. The zero-order chi connectivity index (χ0) is 14.2. The molecule has 1 heterocycles. The minimum atomic E-state index is -1.51. The monoisotopic (exact) mass is 282 g/mol. The molecule has 2 aromatic carbocycles. The summed E-state index contributed by atoms with van der Waals surface area (Å²) in [5, 5.41) is 2.36. The van der Waals surface area contributed by atoms with Gasteiger partial charge in [0.15, 0.2) is 11.3 Å². The molecule has 0 aliphatic heterocycles. The van der Waals surface area contributed by atoms with Gasteiger partial charge in [-0.3, -0.25) is 0 Å². The van der Waals surface area contributed by atoms with Crippen LogP contribution in [0.2, 0.25) is 19.6 Å². The Bertz CT molecular complexity index is 724. The molecule has 0 aliphatic carbocycles. The number of furan rings is 1. The molecular weight excluding hydrogens is 264 g/mol. The molecule has 0 unspecified atom stereocenters. The molecule has 0 saturated carbocycles. The zero-order valence-electron chi connectivity index (χ0n) is 12.0. The first kappa shape index (κ1) is 13.0. The van der Waals surface area contributed by atoms with Crippen molar-refractivity contribution in [3.63, 3.8) is 0 Å². The van der Waals surface area contributed by atoms with E-state index in [9.17, 15) is 0 Å². The molecule has 0 spiro atoms. The van der Waals surface area contributed by atoms with Gasteiger partial charge in [-0.1, -0.05) is 50.0 Å². The number of fused-ring (bicyclic) bond motifs is 1. The average molecular weight is 282 g/mol. The molecule has 0 saturated heterocycles. The van der Waals surface area contributed by atoms with Crippen molar-refractivity contribution in [1.82, 2.24) is 0 Å². The Labute approximate surface area is 120 Å². The number of rotatable bonds is 3. The number of ether oxygens (including phenoxy) is 1. The van der Waals surface area contributed by atoms with Crippen LogP contribution in [0.1, 0.15) is 0 Å². The molecule has 0 radical (unpaired) electrons. The maximum Gasteiger partial charge on any atom is 0.176 e. The van der Waals surface area contributed by atoms with Crippen molar-refractivity contribution in [1.29, 1.82) is 0 Å². The second-order valence-electron chi connectivity index (χ2n) is 5.95. The SMILES string of the molecule is C[Si](C)(C)c1ccc2ccoc2c1Oc1ccccc1. The van der Waals surface area contributed by atoms with E-state index < -0.39 is 8.07 Å². The van der Waals surface area contributed by atoms with Gasteiger partial charge in [0.1, 0.15) is 5.75 Å². The van der Waals surface area contributed by atoms with Crippen LogP contribution in [-0.2, 0) is 0 Å². The van der Waals surface area contributed by atoms with E-state index in [-0.39, 0.29) is 0 Å². The van der Waals surface area contributed by atoms with Crippen LogP contribution in [0.25, 0.3) is 11.0 Å². The summed E-state index contributed by atoms with van der Waals surface area (Å²) >= 11 is 0. The van der Waals surface area contributed by atoms with Crippen LogP contribution < -0.4 is 9.92 Å². The van der Waals surface area contributed by atoms with Crippen LogP contribution in [-0.4, -0.2) is 8.07 Å². The van der Waals surface area contributed by atoms with Gasteiger partial charge in [0.2, 0.25) is 0 Å². The quantitative estimate of drug-likeness (QED) is 0.646. The summed E-state index contributed by atoms with van der Waals surface area (Å²) < 4.78 is 11.8. The van der Waals surface area contributed by atoms with Crippen LogP contribution in [0.3, 0.4) is 0 Å². The van der Waals surface area contributed by atoms with Crippen LogP contribution in [0, 0.1) is 0 Å². The van der Waals surface area contributed by atoms with Gasteiger partial charge in [0.05, 0.1) is 14.3 Å². The molecule has 0 atom stereocenters. The normalized spacial score (nSPS) is 11.8. The van der Waals surface area contributed by atoms with E-state index in [0.717, 1.165) is 22.5 Å². The van der Waals surface area contributed by atoms with Gasteiger partial charge in [-0.25, -0.2) is 0 Å². The van der Waals surface area contributed by atoms with E-state index >= 15 is 0 Å². The first-order valence-electron chi connectivity index (χ1n) is 6.79. The van der Waals surface area contributed by atoms with Crippen molar-refractivity contribution in [2.24, 2.45) is 0 Å². The first-order chi connectivity index (χ1) is 9.55. The summed E-state index contributed by atoms with van der Waals surface area (Å²) in [5.41, 5.74) is 0.841. The first-order valence-corrected chi connectivity index (χ1v) is 10.3. The van der Waals surface area contributed by atoms with Crippen molar-refractivity contribution < 1.29 is 9.15 Å². The van der Waals surface area contributed by atoms with Crippen LogP contribution in [0.4, 0.5) is 0 Å². The molecule has 102 valence electrons. The second kappa shape index (κ2) is 4.83.